The third-order valence-electron chi connectivity index (χ3n) is 7.10. The Kier molecular flexibility index (Phi) is 7.01. The van der Waals surface area contributed by atoms with Gasteiger partial charge in [-0.2, -0.15) is 0 Å². The monoisotopic (exact) mass is 505 g/mol. The maximum Gasteiger partial charge on any atom is 0.125 e. The minimum Gasteiger partial charge on any atom is -0.383 e. The molecule has 0 aliphatic heterocycles. The number of pyridine rings is 1. The topological polar surface area (TPSA) is 121 Å². The summed E-state index contributed by atoms with van der Waals surface area (Å²) in [6.45, 7) is 8.36. The van der Waals surface area contributed by atoms with Gasteiger partial charge in [0.2, 0.25) is 0 Å². The minimum absolute atomic E-state index is 0.199. The number of aliphatic imine (C=N–C) groups is 2. The number of benzene rings is 2. The molecular weight excluding hydrogens is 470 g/mol. The highest BCUT2D eigenvalue weighted by Gasteiger charge is 2.11. The number of rotatable bonds is 8. The second-order valence-corrected chi connectivity index (χ2v) is 9.98. The summed E-state index contributed by atoms with van der Waals surface area (Å²) in [5.74, 6) is 1.13. The van der Waals surface area contributed by atoms with E-state index >= 15 is 0 Å². The number of nitrogens with one attached hydrogen (secondary N) is 2. The summed E-state index contributed by atoms with van der Waals surface area (Å²) < 4.78 is 0. The lowest BCUT2D eigenvalue weighted by Gasteiger charge is -2.05. The maximum absolute atomic E-state index is 6.26. The molecule has 0 saturated carbocycles. The summed E-state index contributed by atoms with van der Waals surface area (Å²) in [7, 11) is 0. The number of nitrogens with zero attached hydrogens (tertiary/aromatic N) is 3. The molecule has 2 atom stereocenters. The summed E-state index contributed by atoms with van der Waals surface area (Å²) >= 11 is 0. The summed E-state index contributed by atoms with van der Waals surface area (Å²) in [4.78, 5) is 20.8. The van der Waals surface area contributed by atoms with Crippen molar-refractivity contribution in [3.63, 3.8) is 0 Å². The van der Waals surface area contributed by atoms with E-state index < -0.39 is 0 Å². The predicted molar refractivity (Wildman–Crippen MR) is 160 cm³/mol. The van der Waals surface area contributed by atoms with E-state index in [1.54, 1.807) is 0 Å². The summed E-state index contributed by atoms with van der Waals surface area (Å²) in [6.07, 6.45) is 5.66. The number of hydrogen-bond acceptors (Lipinski definition) is 3. The molecule has 0 saturated heterocycles. The van der Waals surface area contributed by atoms with Gasteiger partial charge >= 0.3 is 0 Å². The molecule has 0 aliphatic carbocycles. The first-order valence-electron chi connectivity index (χ1n) is 13.2. The van der Waals surface area contributed by atoms with Crippen LogP contribution < -0.4 is 11.5 Å². The Labute approximate surface area is 223 Å². The molecule has 3 aromatic heterocycles. The predicted octanol–water partition coefficient (Wildman–Crippen LogP) is 6.39. The minimum atomic E-state index is 0.199. The largest absolute Gasteiger partial charge is 0.383 e. The first kappa shape index (κ1) is 25.3. The summed E-state index contributed by atoms with van der Waals surface area (Å²) in [5.41, 5.74) is 20.4. The van der Waals surface area contributed by atoms with Gasteiger partial charge in [0.25, 0.3) is 0 Å². The van der Waals surface area contributed by atoms with Crippen LogP contribution in [0.5, 0.6) is 0 Å². The highest BCUT2D eigenvalue weighted by Crippen LogP contribution is 2.30. The average Bonchev–Trinajstić information content (AvgIpc) is 3.56. The Bertz CT molecular complexity index is 1530. The smallest absolute Gasteiger partial charge is 0.125 e. The van der Waals surface area contributed by atoms with Gasteiger partial charge in [0.05, 0.1) is 0 Å². The van der Waals surface area contributed by atoms with Gasteiger partial charge < -0.3 is 21.4 Å². The summed E-state index contributed by atoms with van der Waals surface area (Å²) in [5, 5.41) is 2.22. The molecular formula is C31H35N7. The molecule has 0 fully saturated rings. The number of amidine groups is 2. The van der Waals surface area contributed by atoms with Gasteiger partial charge in [-0.15, -0.1) is 0 Å². The molecule has 38 heavy (non-hydrogen) atoms. The lowest BCUT2D eigenvalue weighted by Crippen LogP contribution is -2.16. The third-order valence-corrected chi connectivity index (χ3v) is 7.10. The fraction of sp³-hybridized carbons (Fsp3) is 0.258. The third kappa shape index (κ3) is 5.18. The molecule has 3 heterocycles. The zero-order valence-electron chi connectivity index (χ0n) is 22.4. The lowest BCUT2D eigenvalue weighted by molar-refractivity contribution is 0.716. The van der Waals surface area contributed by atoms with E-state index in [1.807, 2.05) is 24.5 Å². The zero-order valence-corrected chi connectivity index (χ0v) is 22.4. The van der Waals surface area contributed by atoms with Crippen molar-refractivity contribution in [3.05, 3.63) is 78.1 Å². The SMILES string of the molecule is CCC(C)N=C(N)c1ccc2cc(-c3cncc(-c4cc5ccc(C(N)=NC(C)CC)cc5[nH]4)c3)[nH]c2c1. The van der Waals surface area contributed by atoms with E-state index in [-0.39, 0.29) is 12.1 Å². The van der Waals surface area contributed by atoms with E-state index in [9.17, 15) is 0 Å². The normalized spacial score (nSPS) is 14.3. The lowest BCUT2D eigenvalue weighted by atomic mass is 10.1. The number of H-pyrrole nitrogens is 2. The second-order valence-electron chi connectivity index (χ2n) is 9.98. The standard InChI is InChI=1S/C31H35N7/c1-5-18(3)35-30(32)22-9-7-20-12-28(37-26(20)14-22)24-11-25(17-34-16-24)29-13-21-8-10-23(15-27(21)38-29)31(33)36-19(4)6-2/h7-19,37-38H,5-6H2,1-4H3,(H2,32,35)(H2,33,36). The van der Waals surface area contributed by atoms with E-state index in [1.165, 1.54) is 0 Å². The van der Waals surface area contributed by atoms with E-state index in [0.29, 0.717) is 11.7 Å². The Balaban J connectivity index is 1.45. The van der Waals surface area contributed by atoms with Crippen molar-refractivity contribution < 1.29 is 0 Å². The first-order valence-corrected chi connectivity index (χ1v) is 13.2. The van der Waals surface area contributed by atoms with E-state index in [2.05, 4.69) is 95.1 Å². The average molecular weight is 506 g/mol. The highest BCUT2D eigenvalue weighted by atomic mass is 14.9. The molecule has 0 radical (unpaired) electrons. The molecule has 2 aromatic carbocycles. The number of aromatic amines is 2. The Morgan fingerprint density at radius 1 is 0.711 bits per heavy atom. The summed E-state index contributed by atoms with van der Waals surface area (Å²) in [6, 6.07) is 19.1. The van der Waals surface area contributed by atoms with Gasteiger partial charge in [-0.3, -0.25) is 15.0 Å². The quantitative estimate of drug-likeness (QED) is 0.144. The zero-order chi connectivity index (χ0) is 26.8. The maximum atomic E-state index is 6.26. The van der Waals surface area contributed by atoms with E-state index in [4.69, 9.17) is 11.5 Å². The number of nitrogens with two attached hydrogens (primary N) is 2. The fourth-order valence-corrected chi connectivity index (χ4v) is 4.42. The molecule has 0 bridgehead atoms. The van der Waals surface area contributed by atoms with Crippen molar-refractivity contribution in [1.29, 1.82) is 0 Å². The molecule has 0 amide bonds. The van der Waals surface area contributed by atoms with Crippen LogP contribution >= 0.6 is 0 Å². The first-order chi connectivity index (χ1) is 18.3. The number of fused-ring (bicyclic) bond motifs is 2. The van der Waals surface area contributed by atoms with Crippen LogP contribution in [0.25, 0.3) is 44.3 Å². The second kappa shape index (κ2) is 10.5. The van der Waals surface area contributed by atoms with Crippen LogP contribution in [0.3, 0.4) is 0 Å². The molecule has 194 valence electrons. The Morgan fingerprint density at radius 2 is 1.16 bits per heavy atom. The Morgan fingerprint density at radius 3 is 1.58 bits per heavy atom. The number of aromatic nitrogens is 3. The van der Waals surface area contributed by atoms with Crippen molar-refractivity contribution in [2.45, 2.75) is 52.6 Å². The van der Waals surface area contributed by atoms with Gasteiger partial charge in [0, 0.05) is 79.9 Å². The van der Waals surface area contributed by atoms with Crippen LogP contribution in [-0.4, -0.2) is 38.7 Å². The molecule has 6 N–H and O–H groups in total. The van der Waals surface area contributed by atoms with Gasteiger partial charge in [-0.1, -0.05) is 38.1 Å². The molecule has 2 unspecified atom stereocenters. The van der Waals surface area contributed by atoms with Crippen LogP contribution in [0, 0.1) is 0 Å². The van der Waals surface area contributed by atoms with Crippen molar-refractivity contribution in [2.75, 3.05) is 0 Å². The van der Waals surface area contributed by atoms with Gasteiger partial charge in [0.15, 0.2) is 0 Å². The van der Waals surface area contributed by atoms with Gasteiger partial charge in [0.1, 0.15) is 11.7 Å². The molecule has 5 rings (SSSR count). The molecule has 0 aliphatic rings. The van der Waals surface area contributed by atoms with Gasteiger partial charge in [-0.05, 0) is 57.0 Å². The molecule has 7 heteroatoms. The van der Waals surface area contributed by atoms with Crippen LogP contribution in [-0.2, 0) is 0 Å². The highest BCUT2D eigenvalue weighted by molar-refractivity contribution is 6.02. The van der Waals surface area contributed by atoms with Crippen LogP contribution in [0.2, 0.25) is 0 Å². The van der Waals surface area contributed by atoms with Crippen molar-refractivity contribution in [1.82, 2.24) is 15.0 Å². The Hall–Kier alpha value is -4.39. The molecule has 7 nitrogen and oxygen atoms in total. The van der Waals surface area contributed by atoms with Gasteiger partial charge in [-0.25, -0.2) is 0 Å². The van der Waals surface area contributed by atoms with Crippen molar-refractivity contribution in [2.24, 2.45) is 21.5 Å². The molecule has 0 spiro atoms. The van der Waals surface area contributed by atoms with Crippen molar-refractivity contribution in [3.8, 4) is 22.5 Å². The number of hydrogen-bond donors (Lipinski definition) is 4. The fourth-order valence-electron chi connectivity index (χ4n) is 4.42. The molecule has 5 aromatic rings. The van der Waals surface area contributed by atoms with Crippen LogP contribution in [0.4, 0.5) is 0 Å². The van der Waals surface area contributed by atoms with Crippen LogP contribution in [0.1, 0.15) is 51.7 Å². The van der Waals surface area contributed by atoms with E-state index in [0.717, 1.165) is 68.3 Å². The van der Waals surface area contributed by atoms with Crippen LogP contribution in [0.15, 0.2) is 77.0 Å². The van der Waals surface area contributed by atoms with Crippen molar-refractivity contribution >= 4 is 33.5 Å².